The van der Waals surface area contributed by atoms with Crippen LogP contribution in [-0.4, -0.2) is 92.8 Å². The minimum atomic E-state index is -0.250. The topological polar surface area (TPSA) is 116 Å². The van der Waals surface area contributed by atoms with Crippen LogP contribution >= 0.6 is 0 Å². The molecule has 182 valence electrons. The molecule has 3 aromatic rings. The smallest absolute Gasteiger partial charge is 0.290 e. The first kappa shape index (κ1) is 23.1. The number of nitrogens with zero attached hydrogens (tertiary/aromatic N) is 6. The van der Waals surface area contributed by atoms with Gasteiger partial charge >= 0.3 is 0 Å². The largest absolute Gasteiger partial charge is 0.483 e. The van der Waals surface area contributed by atoms with E-state index < -0.39 is 0 Å². The molecular weight excluding hydrogens is 446 g/mol. The molecule has 2 N–H and O–H groups in total. The van der Waals surface area contributed by atoms with Crippen LogP contribution in [0.15, 0.2) is 60.9 Å². The summed E-state index contributed by atoms with van der Waals surface area (Å²) >= 11 is 0. The average molecular weight is 476 g/mol. The van der Waals surface area contributed by atoms with Crippen molar-refractivity contribution in [3.05, 3.63) is 77.6 Å². The van der Waals surface area contributed by atoms with E-state index in [2.05, 4.69) is 61.0 Å². The summed E-state index contributed by atoms with van der Waals surface area (Å²) < 4.78 is 1.67. The third-order valence-electron chi connectivity index (χ3n) is 7.38. The van der Waals surface area contributed by atoms with Crippen LogP contribution in [0.25, 0.3) is 0 Å². The first-order valence-electron chi connectivity index (χ1n) is 11.8. The molecule has 3 unspecified atom stereocenters. The minimum Gasteiger partial charge on any atom is -0.483 e. The number of hydrogen-bond acceptors (Lipinski definition) is 7. The second-order valence-electron chi connectivity index (χ2n) is 9.51. The molecule has 4 fully saturated rings. The first-order chi connectivity index (χ1) is 17.1. The molecule has 10 nitrogen and oxygen atoms in total. The van der Waals surface area contributed by atoms with E-state index in [-0.39, 0.29) is 23.8 Å². The second-order valence-corrected chi connectivity index (χ2v) is 9.51. The lowest BCUT2D eigenvalue weighted by molar-refractivity contribution is -0.122. The number of aromatic nitrogens is 4. The molecule has 4 aliphatic rings. The molecule has 2 aromatic carbocycles. The number of hydrogen-bond donors (Lipinski definition) is 2. The fourth-order valence-corrected chi connectivity index (χ4v) is 5.99. The molecule has 0 saturated carbocycles. The standard InChI is InChI=1S/C24H27N7O.CH2O2/c32-23(19-8-6-18(7-9-19)12-31-17-25-27-28-31)26-22-20-13-29-10-11-30(14-20)16-24(22,15-29)21-4-2-1-3-5-21;2-1-3/h1-9,17,20,22H,10-16H2,(H,26,32);1H,(H,2,3). The van der Waals surface area contributed by atoms with Crippen LogP contribution in [0.5, 0.6) is 0 Å². The zero-order valence-electron chi connectivity index (χ0n) is 19.4. The van der Waals surface area contributed by atoms with Gasteiger partial charge in [-0.15, -0.1) is 5.10 Å². The molecular formula is C25H29N7O3. The van der Waals surface area contributed by atoms with Crippen molar-refractivity contribution in [3.63, 3.8) is 0 Å². The van der Waals surface area contributed by atoms with E-state index in [1.54, 1.807) is 11.0 Å². The van der Waals surface area contributed by atoms with Gasteiger partial charge in [-0.3, -0.25) is 9.59 Å². The lowest BCUT2D eigenvalue weighted by Gasteiger charge is -2.55. The number of benzene rings is 2. The molecule has 1 amide bonds. The Kier molecular flexibility index (Phi) is 6.56. The van der Waals surface area contributed by atoms with E-state index >= 15 is 0 Å². The van der Waals surface area contributed by atoms with Crippen LogP contribution in [0.4, 0.5) is 0 Å². The number of rotatable bonds is 5. The molecule has 0 radical (unpaired) electrons. The zero-order valence-corrected chi connectivity index (χ0v) is 19.4. The Hall–Kier alpha value is -3.63. The van der Waals surface area contributed by atoms with Gasteiger partial charge in [0.05, 0.1) is 6.54 Å². The zero-order chi connectivity index (χ0) is 24.3. The molecule has 3 atom stereocenters. The van der Waals surface area contributed by atoms with Crippen molar-refractivity contribution in [2.75, 3.05) is 39.3 Å². The van der Waals surface area contributed by atoms with Crippen molar-refractivity contribution in [1.82, 2.24) is 35.3 Å². The quantitative estimate of drug-likeness (QED) is 0.519. The maximum atomic E-state index is 13.3. The van der Waals surface area contributed by atoms with E-state index in [4.69, 9.17) is 9.90 Å². The van der Waals surface area contributed by atoms with Crippen molar-refractivity contribution in [1.29, 1.82) is 0 Å². The van der Waals surface area contributed by atoms with E-state index in [1.165, 1.54) is 5.56 Å². The molecule has 5 heterocycles. The van der Waals surface area contributed by atoms with Gasteiger partial charge in [0.1, 0.15) is 6.33 Å². The molecule has 35 heavy (non-hydrogen) atoms. The Morgan fingerprint density at radius 1 is 1.06 bits per heavy atom. The highest BCUT2D eigenvalue weighted by Gasteiger charge is 2.55. The van der Waals surface area contributed by atoms with Gasteiger partial charge in [0.25, 0.3) is 12.4 Å². The van der Waals surface area contributed by atoms with Gasteiger partial charge in [-0.1, -0.05) is 42.5 Å². The van der Waals surface area contributed by atoms with Crippen LogP contribution in [-0.2, 0) is 16.8 Å². The molecule has 10 heteroatoms. The van der Waals surface area contributed by atoms with Gasteiger partial charge in [0.15, 0.2) is 0 Å². The summed E-state index contributed by atoms with van der Waals surface area (Å²) in [4.78, 5) is 26.9. The number of fused-ring (bicyclic) bond motifs is 1. The van der Waals surface area contributed by atoms with Crippen LogP contribution < -0.4 is 5.32 Å². The second kappa shape index (κ2) is 9.93. The Bertz CT molecular complexity index is 1120. The highest BCUT2D eigenvalue weighted by molar-refractivity contribution is 5.94. The SMILES string of the molecule is O=C(NC1C2CN3CCN(C2)CC1(c1ccccc1)C3)c1ccc(Cn2cnnn2)cc1.O=CO. The molecule has 4 saturated heterocycles. The first-order valence-corrected chi connectivity index (χ1v) is 11.8. The maximum Gasteiger partial charge on any atom is 0.290 e. The van der Waals surface area contributed by atoms with Crippen molar-refractivity contribution in [3.8, 4) is 0 Å². The van der Waals surface area contributed by atoms with Crippen LogP contribution in [0.2, 0.25) is 0 Å². The third kappa shape index (κ3) is 4.67. The Morgan fingerprint density at radius 2 is 1.71 bits per heavy atom. The number of carboxylic acid groups (broad SMARTS) is 1. The summed E-state index contributed by atoms with van der Waals surface area (Å²) in [5, 5.41) is 21.6. The Balaban J connectivity index is 0.000000806. The highest BCUT2D eigenvalue weighted by Crippen LogP contribution is 2.43. The maximum absolute atomic E-state index is 13.3. The van der Waals surface area contributed by atoms with Crippen molar-refractivity contribution in [2.24, 2.45) is 5.92 Å². The molecule has 1 aromatic heterocycles. The molecule has 0 spiro atoms. The lowest BCUT2D eigenvalue weighted by atomic mass is 9.64. The molecule has 7 rings (SSSR count). The van der Waals surface area contributed by atoms with E-state index in [1.807, 2.05) is 24.3 Å². The molecule has 4 bridgehead atoms. The van der Waals surface area contributed by atoms with Crippen LogP contribution in [0.1, 0.15) is 21.5 Å². The van der Waals surface area contributed by atoms with Gasteiger partial charge in [-0.05, 0) is 33.7 Å². The predicted octanol–water partition coefficient (Wildman–Crippen LogP) is 0.720. The number of carbonyl (C=O) groups excluding carboxylic acids is 1. The summed E-state index contributed by atoms with van der Waals surface area (Å²) in [5.41, 5.74) is 3.01. The summed E-state index contributed by atoms with van der Waals surface area (Å²) in [7, 11) is 0. The van der Waals surface area contributed by atoms with Crippen molar-refractivity contribution < 1.29 is 14.7 Å². The van der Waals surface area contributed by atoms with Gasteiger partial charge in [0.2, 0.25) is 0 Å². The summed E-state index contributed by atoms with van der Waals surface area (Å²) in [6.07, 6.45) is 1.59. The van der Waals surface area contributed by atoms with Crippen molar-refractivity contribution >= 4 is 12.4 Å². The number of piperidine rings is 2. The monoisotopic (exact) mass is 475 g/mol. The average Bonchev–Trinajstić information content (AvgIpc) is 3.25. The minimum absolute atomic E-state index is 0.00965. The number of amides is 1. The third-order valence-corrected chi connectivity index (χ3v) is 7.38. The lowest BCUT2D eigenvalue weighted by Crippen LogP contribution is -2.70. The number of carbonyl (C=O) groups is 2. The van der Waals surface area contributed by atoms with E-state index in [0.717, 1.165) is 44.8 Å². The van der Waals surface area contributed by atoms with E-state index in [0.29, 0.717) is 18.0 Å². The van der Waals surface area contributed by atoms with Gasteiger partial charge in [-0.25, -0.2) is 4.68 Å². The number of tetrazole rings is 1. The normalized spacial score (nSPS) is 28.5. The summed E-state index contributed by atoms with van der Waals surface area (Å²) in [5.74, 6) is 0.443. The van der Waals surface area contributed by atoms with Gasteiger partial charge < -0.3 is 20.2 Å². The molecule has 4 aliphatic heterocycles. The van der Waals surface area contributed by atoms with Gasteiger partial charge in [0, 0.05) is 62.2 Å². The fraction of sp³-hybridized carbons (Fsp3) is 0.400. The Morgan fingerprint density at radius 3 is 2.31 bits per heavy atom. The summed E-state index contributed by atoms with van der Waals surface area (Å²) in [6, 6.07) is 18.7. The van der Waals surface area contributed by atoms with E-state index in [9.17, 15) is 4.79 Å². The predicted molar refractivity (Wildman–Crippen MR) is 128 cm³/mol. The van der Waals surface area contributed by atoms with Crippen LogP contribution in [0, 0.1) is 5.92 Å². The fourth-order valence-electron chi connectivity index (χ4n) is 5.99. The van der Waals surface area contributed by atoms with Crippen LogP contribution in [0.3, 0.4) is 0 Å². The van der Waals surface area contributed by atoms with Crippen molar-refractivity contribution in [2.45, 2.75) is 18.0 Å². The number of nitrogens with one attached hydrogen (secondary N) is 1. The molecule has 0 aliphatic carbocycles. The Labute approximate surface area is 203 Å². The van der Waals surface area contributed by atoms with Gasteiger partial charge in [-0.2, -0.15) is 0 Å². The highest BCUT2D eigenvalue weighted by atomic mass is 16.3. The summed E-state index contributed by atoms with van der Waals surface area (Å²) in [6.45, 7) is 6.69.